The zero-order valence-electron chi connectivity index (χ0n) is 21.9. The Morgan fingerprint density at radius 2 is 1.85 bits per heavy atom. The van der Waals surface area contributed by atoms with E-state index in [0.717, 1.165) is 44.5 Å². The Morgan fingerprint density at radius 3 is 2.46 bits per heavy atom. The van der Waals surface area contributed by atoms with Gasteiger partial charge < -0.3 is 14.4 Å². The first-order valence-corrected chi connectivity index (χ1v) is 12.7. The average Bonchev–Trinajstić information content (AvgIpc) is 2.92. The summed E-state index contributed by atoms with van der Waals surface area (Å²) in [5, 5.41) is 2.68. The number of aromatic nitrogens is 1. The van der Waals surface area contributed by atoms with Crippen molar-refractivity contribution in [3.8, 4) is 11.6 Å². The number of amides is 3. The molecule has 1 aliphatic rings. The molecule has 1 N–H and O–H groups in total. The lowest BCUT2D eigenvalue weighted by Crippen LogP contribution is -2.50. The number of nitrogens with one attached hydrogen (secondary N) is 1. The van der Waals surface area contributed by atoms with Gasteiger partial charge >= 0.3 is 12.2 Å². The fourth-order valence-electron chi connectivity index (χ4n) is 4.20. The molecule has 210 valence electrons. The highest BCUT2D eigenvalue weighted by Crippen LogP contribution is 2.30. The zero-order chi connectivity index (χ0) is 28.4. The number of nitrogens with zero attached hydrogens (tertiary/aromatic N) is 4. The fraction of sp³-hybridized carbons (Fsp3) is 0.444. The van der Waals surface area contributed by atoms with Gasteiger partial charge in [0.1, 0.15) is 17.7 Å². The van der Waals surface area contributed by atoms with Crippen LogP contribution in [-0.4, -0.2) is 59.6 Å². The second-order valence-electron chi connectivity index (χ2n) is 9.58. The molecule has 1 aliphatic carbocycles. The van der Waals surface area contributed by atoms with Crippen molar-refractivity contribution < 1.29 is 32.3 Å². The quantitative estimate of drug-likeness (QED) is 0.257. The first-order chi connectivity index (χ1) is 18.6. The third-order valence-electron chi connectivity index (χ3n) is 6.25. The van der Waals surface area contributed by atoms with Crippen LogP contribution in [0.5, 0.6) is 11.6 Å². The first kappa shape index (κ1) is 29.6. The second-order valence-corrected chi connectivity index (χ2v) is 9.58. The highest BCUT2D eigenvalue weighted by atomic mass is 19.4. The molecule has 0 saturated heterocycles. The topological polar surface area (TPSA) is 104 Å². The number of hydrogen-bond acceptors (Lipinski definition) is 6. The monoisotopic (exact) mass is 547 g/mol. The number of carbonyl (C=O) groups excluding carboxylic acids is 3. The Hall–Kier alpha value is -3.96. The van der Waals surface area contributed by atoms with Crippen LogP contribution < -0.4 is 10.1 Å². The fourth-order valence-corrected chi connectivity index (χ4v) is 4.20. The van der Waals surface area contributed by atoms with Crippen molar-refractivity contribution in [1.82, 2.24) is 20.1 Å². The summed E-state index contributed by atoms with van der Waals surface area (Å²) in [6.07, 6.45) is 2.02. The molecule has 9 nitrogen and oxygen atoms in total. The molecule has 0 unspecified atom stereocenters. The van der Waals surface area contributed by atoms with E-state index in [4.69, 9.17) is 4.74 Å². The van der Waals surface area contributed by atoms with Crippen molar-refractivity contribution in [2.45, 2.75) is 45.2 Å². The van der Waals surface area contributed by atoms with Gasteiger partial charge in [0.15, 0.2) is 0 Å². The molecule has 1 aromatic heterocycles. The van der Waals surface area contributed by atoms with E-state index in [9.17, 15) is 27.6 Å². The molecule has 1 heterocycles. The Bertz CT molecular complexity index is 1150. The van der Waals surface area contributed by atoms with Crippen LogP contribution in [0.25, 0.3) is 0 Å². The van der Waals surface area contributed by atoms with Gasteiger partial charge in [-0.25, -0.2) is 14.8 Å². The van der Waals surface area contributed by atoms with Gasteiger partial charge in [-0.15, -0.1) is 0 Å². The number of guanidine groups is 1. The zero-order valence-corrected chi connectivity index (χ0v) is 21.9. The molecule has 2 aromatic rings. The first-order valence-electron chi connectivity index (χ1n) is 12.7. The second kappa shape index (κ2) is 13.7. The Balaban J connectivity index is 1.81. The minimum absolute atomic E-state index is 0.0272. The summed E-state index contributed by atoms with van der Waals surface area (Å²) < 4.78 is 44.3. The van der Waals surface area contributed by atoms with Crippen molar-refractivity contribution in [2.75, 3.05) is 20.1 Å². The summed E-state index contributed by atoms with van der Waals surface area (Å²) in [6.45, 7) is 2.26. The van der Waals surface area contributed by atoms with Gasteiger partial charge in [-0.1, -0.05) is 32.3 Å². The van der Waals surface area contributed by atoms with Crippen LogP contribution in [0, 0.1) is 11.8 Å². The number of carbonyl (C=O) groups is 3. The molecule has 3 amide bonds. The maximum absolute atomic E-state index is 12.9. The molecule has 0 radical (unpaired) electrons. The van der Waals surface area contributed by atoms with Crippen molar-refractivity contribution in [1.29, 1.82) is 0 Å². The lowest BCUT2D eigenvalue weighted by atomic mass is 9.89. The van der Waals surface area contributed by atoms with E-state index in [-0.39, 0.29) is 36.0 Å². The minimum atomic E-state index is -4.60. The van der Waals surface area contributed by atoms with Gasteiger partial charge in [0, 0.05) is 32.1 Å². The molecule has 1 atom stereocenters. The number of benzene rings is 1. The predicted octanol–water partition coefficient (Wildman–Crippen LogP) is 5.40. The highest BCUT2D eigenvalue weighted by molar-refractivity contribution is 6.01. The highest BCUT2D eigenvalue weighted by Gasteiger charge is 2.32. The van der Waals surface area contributed by atoms with Gasteiger partial charge in [-0.05, 0) is 49.1 Å². The number of rotatable bonds is 9. The third-order valence-corrected chi connectivity index (χ3v) is 6.25. The van der Waals surface area contributed by atoms with Crippen LogP contribution in [0.1, 0.15) is 44.7 Å². The standard InChI is InChI=1S/C27H32F3N5O4/c1-19(17-36)15-34(2)26(38)33-25(35(18-37)16-20-7-4-3-5-8-20)31-21-11-13-22(14-12-21)39-24-10-6-9-23(32-24)27(28,29)30/h6,9-14,17-20H,3-5,7-8,15-16H2,1-2H3,(H,31,33,38)/t19-/m0/s1. The third kappa shape index (κ3) is 9.08. The van der Waals surface area contributed by atoms with E-state index < -0.39 is 17.9 Å². The van der Waals surface area contributed by atoms with E-state index in [1.165, 1.54) is 53.2 Å². The van der Waals surface area contributed by atoms with E-state index in [1.807, 2.05) is 0 Å². The van der Waals surface area contributed by atoms with E-state index in [1.54, 1.807) is 6.92 Å². The SMILES string of the molecule is C[C@H](C=O)CN(C)C(=O)NC(=Nc1ccc(Oc2cccc(C(F)(F)F)n2)cc1)N(C=O)CC1CCCCC1. The average molecular weight is 548 g/mol. The Kier molecular flexibility index (Phi) is 10.4. The Labute approximate surface area is 225 Å². The molecule has 1 saturated carbocycles. The number of halogens is 3. The van der Waals surface area contributed by atoms with Crippen LogP contribution in [0.2, 0.25) is 0 Å². The van der Waals surface area contributed by atoms with E-state index in [2.05, 4.69) is 15.3 Å². The molecular weight excluding hydrogens is 515 g/mol. The van der Waals surface area contributed by atoms with Crippen LogP contribution in [0.3, 0.4) is 0 Å². The molecule has 3 rings (SSSR count). The van der Waals surface area contributed by atoms with Crippen molar-refractivity contribution in [3.05, 3.63) is 48.2 Å². The van der Waals surface area contributed by atoms with Gasteiger partial charge in [0.25, 0.3) is 0 Å². The maximum atomic E-state index is 12.9. The van der Waals surface area contributed by atoms with Crippen LogP contribution >= 0.6 is 0 Å². The van der Waals surface area contributed by atoms with Crippen LogP contribution in [0.15, 0.2) is 47.5 Å². The number of urea groups is 1. The van der Waals surface area contributed by atoms with Gasteiger partial charge in [0.2, 0.25) is 18.2 Å². The number of alkyl halides is 3. The summed E-state index contributed by atoms with van der Waals surface area (Å²) in [6, 6.07) is 8.89. The Morgan fingerprint density at radius 1 is 1.15 bits per heavy atom. The predicted molar refractivity (Wildman–Crippen MR) is 139 cm³/mol. The lowest BCUT2D eigenvalue weighted by Gasteiger charge is -2.29. The molecular formula is C27H32F3N5O4. The van der Waals surface area contributed by atoms with Gasteiger partial charge in [-0.2, -0.15) is 13.2 Å². The van der Waals surface area contributed by atoms with Crippen LogP contribution in [0.4, 0.5) is 23.7 Å². The summed E-state index contributed by atoms with van der Waals surface area (Å²) in [7, 11) is 1.54. The number of pyridine rings is 1. The smallest absolute Gasteiger partial charge is 0.433 e. The van der Waals surface area contributed by atoms with Crippen molar-refractivity contribution in [2.24, 2.45) is 16.8 Å². The molecule has 0 aliphatic heterocycles. The largest absolute Gasteiger partial charge is 0.439 e. The molecule has 0 spiro atoms. The number of hydrogen-bond donors (Lipinski definition) is 1. The molecule has 12 heteroatoms. The molecule has 1 fully saturated rings. The van der Waals surface area contributed by atoms with E-state index in [0.29, 0.717) is 18.6 Å². The lowest BCUT2D eigenvalue weighted by molar-refractivity contribution is -0.141. The maximum Gasteiger partial charge on any atom is 0.433 e. The van der Waals surface area contributed by atoms with Gasteiger partial charge in [-0.3, -0.25) is 15.0 Å². The summed E-state index contributed by atoms with van der Waals surface area (Å²) in [4.78, 5) is 46.6. The summed E-state index contributed by atoms with van der Waals surface area (Å²) in [5.74, 6) is -0.0666. The number of aliphatic imine (C=N–C) groups is 1. The summed E-state index contributed by atoms with van der Waals surface area (Å²) in [5.41, 5.74) is -0.699. The van der Waals surface area contributed by atoms with Crippen molar-refractivity contribution in [3.63, 3.8) is 0 Å². The number of aldehydes is 1. The molecule has 39 heavy (non-hydrogen) atoms. The van der Waals surface area contributed by atoms with Crippen molar-refractivity contribution >= 4 is 30.4 Å². The number of ether oxygens (including phenoxy) is 1. The summed E-state index contributed by atoms with van der Waals surface area (Å²) >= 11 is 0. The van der Waals surface area contributed by atoms with Gasteiger partial charge in [0.05, 0.1) is 5.69 Å². The normalized spacial score (nSPS) is 15.3. The minimum Gasteiger partial charge on any atom is -0.439 e. The van der Waals surface area contributed by atoms with E-state index >= 15 is 0 Å². The molecule has 0 bridgehead atoms. The molecule has 1 aromatic carbocycles. The van der Waals surface area contributed by atoms with Crippen LogP contribution in [-0.2, 0) is 15.8 Å².